The van der Waals surface area contributed by atoms with E-state index in [9.17, 15) is 9.59 Å². The quantitative estimate of drug-likeness (QED) is 0.459. The fourth-order valence-electron chi connectivity index (χ4n) is 5.72. The predicted octanol–water partition coefficient (Wildman–Crippen LogP) is 5.10. The van der Waals surface area contributed by atoms with Crippen molar-refractivity contribution in [3.05, 3.63) is 95.6 Å². The third-order valence-corrected chi connectivity index (χ3v) is 7.37. The van der Waals surface area contributed by atoms with Crippen LogP contribution in [0, 0.1) is 0 Å². The standard InChI is InChI=1S/C30H32N2O2/c33-28-18-9-21-32(28)22-10-20-31-29(34)30(19-8-13-23-11-2-1-3-12-23)26-16-6-4-14-24(26)25-15-5-7-17-27(25)30/h1-7,11-12,14-17H,8-10,13,18-22H2,(H,31,34). The van der Waals surface area contributed by atoms with Crippen molar-refractivity contribution >= 4 is 11.8 Å². The summed E-state index contributed by atoms with van der Waals surface area (Å²) in [6.45, 7) is 2.14. The van der Waals surface area contributed by atoms with E-state index in [-0.39, 0.29) is 11.8 Å². The number of benzene rings is 3. The highest BCUT2D eigenvalue weighted by Gasteiger charge is 2.48. The molecule has 0 atom stereocenters. The van der Waals surface area contributed by atoms with Crippen LogP contribution < -0.4 is 5.32 Å². The monoisotopic (exact) mass is 452 g/mol. The van der Waals surface area contributed by atoms with E-state index >= 15 is 0 Å². The summed E-state index contributed by atoms with van der Waals surface area (Å²) in [6.07, 6.45) is 5.00. The molecule has 0 saturated carbocycles. The van der Waals surface area contributed by atoms with Crippen LogP contribution in [0.3, 0.4) is 0 Å². The maximum atomic E-state index is 14.0. The minimum atomic E-state index is -0.689. The number of rotatable bonds is 9. The molecule has 3 aromatic rings. The molecule has 0 radical (unpaired) electrons. The summed E-state index contributed by atoms with van der Waals surface area (Å²) in [5.74, 6) is 0.313. The maximum absolute atomic E-state index is 14.0. The first kappa shape index (κ1) is 22.4. The minimum Gasteiger partial charge on any atom is -0.355 e. The molecule has 0 bridgehead atoms. The molecule has 0 unspecified atom stereocenters. The second kappa shape index (κ2) is 9.84. The number of hydrogen-bond acceptors (Lipinski definition) is 2. The average Bonchev–Trinajstić information content (AvgIpc) is 3.42. The van der Waals surface area contributed by atoms with Gasteiger partial charge >= 0.3 is 0 Å². The molecule has 2 amide bonds. The Morgan fingerprint density at radius 2 is 1.50 bits per heavy atom. The SMILES string of the molecule is O=C1CCCN1CCCNC(=O)C1(CCCc2ccccc2)c2ccccc2-c2ccccc21. The first-order chi connectivity index (χ1) is 16.7. The Morgan fingerprint density at radius 1 is 0.853 bits per heavy atom. The first-order valence-electron chi connectivity index (χ1n) is 12.5. The molecule has 0 spiro atoms. The number of aryl methyl sites for hydroxylation is 1. The molecule has 1 N–H and O–H groups in total. The third-order valence-electron chi connectivity index (χ3n) is 7.37. The van der Waals surface area contributed by atoms with Crippen LogP contribution in [0.15, 0.2) is 78.9 Å². The summed E-state index contributed by atoms with van der Waals surface area (Å²) in [5.41, 5.74) is 5.15. The van der Waals surface area contributed by atoms with Crippen molar-refractivity contribution in [1.29, 1.82) is 0 Å². The fraction of sp³-hybridized carbons (Fsp3) is 0.333. The normalized spacial score (nSPS) is 15.8. The van der Waals surface area contributed by atoms with Crippen LogP contribution in [0.1, 0.15) is 48.8 Å². The summed E-state index contributed by atoms with van der Waals surface area (Å²) < 4.78 is 0. The van der Waals surface area contributed by atoms with E-state index in [2.05, 4.69) is 66.0 Å². The highest BCUT2D eigenvalue weighted by Crippen LogP contribution is 2.51. The Hall–Kier alpha value is -3.40. The minimum absolute atomic E-state index is 0.0747. The van der Waals surface area contributed by atoms with Crippen molar-refractivity contribution < 1.29 is 9.59 Å². The Bertz CT molecular complexity index is 1130. The average molecular weight is 453 g/mol. The Morgan fingerprint density at radius 3 is 2.15 bits per heavy atom. The lowest BCUT2D eigenvalue weighted by molar-refractivity contribution is -0.127. The topological polar surface area (TPSA) is 49.4 Å². The van der Waals surface area contributed by atoms with E-state index in [1.807, 2.05) is 23.1 Å². The van der Waals surface area contributed by atoms with Gasteiger partial charge in [-0.05, 0) is 59.9 Å². The van der Waals surface area contributed by atoms with Gasteiger partial charge in [-0.1, -0.05) is 78.9 Å². The molecule has 1 aliphatic carbocycles. The number of nitrogens with one attached hydrogen (secondary N) is 1. The Balaban J connectivity index is 1.38. The molecule has 1 fully saturated rings. The zero-order valence-electron chi connectivity index (χ0n) is 19.6. The van der Waals surface area contributed by atoms with Crippen molar-refractivity contribution in [2.75, 3.05) is 19.6 Å². The third kappa shape index (κ3) is 4.13. The van der Waals surface area contributed by atoms with Crippen LogP contribution in [0.4, 0.5) is 0 Å². The van der Waals surface area contributed by atoms with Crippen molar-refractivity contribution in [1.82, 2.24) is 10.2 Å². The lowest BCUT2D eigenvalue weighted by Crippen LogP contribution is -2.45. The summed E-state index contributed by atoms with van der Waals surface area (Å²) in [4.78, 5) is 27.8. The van der Waals surface area contributed by atoms with Gasteiger partial charge in [-0.2, -0.15) is 0 Å². The zero-order valence-corrected chi connectivity index (χ0v) is 19.6. The van der Waals surface area contributed by atoms with E-state index in [0.717, 1.165) is 60.9 Å². The molecule has 0 aromatic heterocycles. The molecule has 4 heteroatoms. The molecular weight excluding hydrogens is 420 g/mol. The van der Waals surface area contributed by atoms with Gasteiger partial charge in [-0.25, -0.2) is 0 Å². The van der Waals surface area contributed by atoms with Crippen molar-refractivity contribution in [2.24, 2.45) is 0 Å². The fourth-order valence-corrected chi connectivity index (χ4v) is 5.72. The van der Waals surface area contributed by atoms with Crippen molar-refractivity contribution in [2.45, 2.75) is 43.9 Å². The van der Waals surface area contributed by atoms with Crippen molar-refractivity contribution in [3.63, 3.8) is 0 Å². The summed E-state index contributed by atoms with van der Waals surface area (Å²) in [5, 5.41) is 3.26. The number of nitrogens with zero attached hydrogens (tertiary/aromatic N) is 1. The van der Waals surface area contributed by atoms with E-state index in [1.54, 1.807) is 0 Å². The number of amides is 2. The number of carbonyl (C=O) groups excluding carboxylic acids is 2. The van der Waals surface area contributed by atoms with Crippen LogP contribution in [0.25, 0.3) is 11.1 Å². The second-order valence-electron chi connectivity index (χ2n) is 9.43. The lowest BCUT2D eigenvalue weighted by atomic mass is 9.73. The highest BCUT2D eigenvalue weighted by atomic mass is 16.2. The van der Waals surface area contributed by atoms with E-state index in [0.29, 0.717) is 19.5 Å². The maximum Gasteiger partial charge on any atom is 0.235 e. The molecule has 4 nitrogen and oxygen atoms in total. The van der Waals surface area contributed by atoms with Gasteiger partial charge in [0.15, 0.2) is 0 Å². The van der Waals surface area contributed by atoms with Crippen LogP contribution >= 0.6 is 0 Å². The molecular formula is C30H32N2O2. The molecule has 34 heavy (non-hydrogen) atoms. The van der Waals surface area contributed by atoms with E-state index in [4.69, 9.17) is 0 Å². The largest absolute Gasteiger partial charge is 0.355 e. The van der Waals surface area contributed by atoms with Crippen molar-refractivity contribution in [3.8, 4) is 11.1 Å². The van der Waals surface area contributed by atoms with Gasteiger partial charge in [-0.15, -0.1) is 0 Å². The number of hydrogen-bond donors (Lipinski definition) is 1. The highest BCUT2D eigenvalue weighted by molar-refractivity contribution is 6.00. The summed E-state index contributed by atoms with van der Waals surface area (Å²) >= 11 is 0. The van der Waals surface area contributed by atoms with Gasteiger partial charge in [0.1, 0.15) is 5.41 Å². The first-order valence-corrected chi connectivity index (χ1v) is 12.5. The van der Waals surface area contributed by atoms with Gasteiger partial charge in [0.2, 0.25) is 11.8 Å². The summed E-state index contributed by atoms with van der Waals surface area (Å²) in [7, 11) is 0. The molecule has 3 aromatic carbocycles. The lowest BCUT2D eigenvalue weighted by Gasteiger charge is -2.31. The van der Waals surface area contributed by atoms with Gasteiger partial charge in [-0.3, -0.25) is 9.59 Å². The Kier molecular flexibility index (Phi) is 6.48. The molecule has 1 saturated heterocycles. The van der Waals surface area contributed by atoms with E-state index < -0.39 is 5.41 Å². The molecule has 174 valence electrons. The van der Waals surface area contributed by atoms with Crippen LogP contribution in [-0.4, -0.2) is 36.3 Å². The summed E-state index contributed by atoms with van der Waals surface area (Å²) in [6, 6.07) is 27.2. The van der Waals surface area contributed by atoms with Gasteiger partial charge < -0.3 is 10.2 Å². The van der Waals surface area contributed by atoms with Gasteiger partial charge in [0.05, 0.1) is 0 Å². The van der Waals surface area contributed by atoms with Gasteiger partial charge in [0.25, 0.3) is 0 Å². The predicted molar refractivity (Wildman–Crippen MR) is 135 cm³/mol. The van der Waals surface area contributed by atoms with E-state index in [1.165, 1.54) is 5.56 Å². The second-order valence-corrected chi connectivity index (χ2v) is 9.43. The number of fused-ring (bicyclic) bond motifs is 3. The number of carbonyl (C=O) groups is 2. The smallest absolute Gasteiger partial charge is 0.235 e. The Labute approximate surface area is 202 Å². The molecule has 1 heterocycles. The molecule has 2 aliphatic rings. The number of likely N-dealkylation sites (tertiary alicyclic amines) is 1. The molecule has 1 aliphatic heterocycles. The van der Waals surface area contributed by atoms with Crippen LogP contribution in [0.5, 0.6) is 0 Å². The van der Waals surface area contributed by atoms with Crippen LogP contribution in [0.2, 0.25) is 0 Å². The zero-order chi connectivity index (χ0) is 23.4. The van der Waals surface area contributed by atoms with Gasteiger partial charge in [0, 0.05) is 26.1 Å². The van der Waals surface area contributed by atoms with Crippen LogP contribution in [-0.2, 0) is 21.4 Å². The molecule has 5 rings (SSSR count).